The van der Waals surface area contributed by atoms with Crippen LogP contribution in [0.4, 0.5) is 0 Å². The second kappa shape index (κ2) is 3.09. The lowest BCUT2D eigenvalue weighted by atomic mass is 9.90. The molecule has 16 heavy (non-hydrogen) atoms. The molecule has 2 aliphatic rings. The van der Waals surface area contributed by atoms with Crippen LogP contribution >= 0.6 is 0 Å². The standard InChI is InChI=1S/C14H16O2/c1-9-7-11-8-12(3-4-13(11)16-9)14(5-6-14)10(2)15/h3-4,8-9H,5-7H2,1-2H3. The number of ether oxygens (including phenoxy) is 1. The van der Waals surface area contributed by atoms with Gasteiger partial charge in [0.15, 0.2) is 0 Å². The molecule has 1 aromatic carbocycles. The van der Waals surface area contributed by atoms with Gasteiger partial charge in [0.05, 0.1) is 5.41 Å². The van der Waals surface area contributed by atoms with Crippen molar-refractivity contribution in [2.24, 2.45) is 0 Å². The Kier molecular flexibility index (Phi) is 1.91. The lowest BCUT2D eigenvalue weighted by molar-refractivity contribution is -0.119. The molecule has 0 N–H and O–H groups in total. The van der Waals surface area contributed by atoms with E-state index in [1.165, 1.54) is 11.1 Å². The number of carbonyl (C=O) groups excluding carboxylic acids is 1. The molecule has 1 fully saturated rings. The van der Waals surface area contributed by atoms with Crippen LogP contribution < -0.4 is 4.74 Å². The van der Waals surface area contributed by atoms with Crippen molar-refractivity contribution < 1.29 is 9.53 Å². The predicted octanol–water partition coefficient (Wildman–Crippen LogP) is 2.63. The number of benzene rings is 1. The minimum atomic E-state index is -0.152. The number of rotatable bonds is 2. The van der Waals surface area contributed by atoms with Gasteiger partial charge in [-0.3, -0.25) is 4.79 Å². The van der Waals surface area contributed by atoms with Crippen molar-refractivity contribution in [3.05, 3.63) is 29.3 Å². The first-order valence-corrected chi connectivity index (χ1v) is 5.93. The maximum absolute atomic E-state index is 11.7. The highest BCUT2D eigenvalue weighted by molar-refractivity contribution is 5.91. The van der Waals surface area contributed by atoms with Crippen molar-refractivity contribution in [1.29, 1.82) is 0 Å². The second-order valence-electron chi connectivity index (χ2n) is 5.09. The van der Waals surface area contributed by atoms with Crippen LogP contribution in [0.15, 0.2) is 18.2 Å². The average molecular weight is 216 g/mol. The summed E-state index contributed by atoms with van der Waals surface area (Å²) in [7, 11) is 0. The summed E-state index contributed by atoms with van der Waals surface area (Å²) in [5.74, 6) is 1.30. The zero-order valence-corrected chi connectivity index (χ0v) is 9.75. The monoisotopic (exact) mass is 216 g/mol. The van der Waals surface area contributed by atoms with Crippen molar-refractivity contribution in [1.82, 2.24) is 0 Å². The smallest absolute Gasteiger partial charge is 0.140 e. The van der Waals surface area contributed by atoms with Crippen molar-refractivity contribution in [3.63, 3.8) is 0 Å². The van der Waals surface area contributed by atoms with E-state index in [2.05, 4.69) is 19.1 Å². The molecule has 3 rings (SSSR count). The second-order valence-corrected chi connectivity index (χ2v) is 5.09. The summed E-state index contributed by atoms with van der Waals surface area (Å²) in [5, 5.41) is 0. The van der Waals surface area contributed by atoms with Crippen molar-refractivity contribution >= 4 is 5.78 Å². The summed E-state index contributed by atoms with van der Waals surface area (Å²) >= 11 is 0. The van der Waals surface area contributed by atoms with Gasteiger partial charge in [-0.25, -0.2) is 0 Å². The molecule has 1 heterocycles. The van der Waals surface area contributed by atoms with Crippen molar-refractivity contribution in [2.45, 2.75) is 44.6 Å². The van der Waals surface area contributed by atoms with E-state index in [4.69, 9.17) is 4.74 Å². The minimum Gasteiger partial charge on any atom is -0.490 e. The summed E-state index contributed by atoms with van der Waals surface area (Å²) in [6, 6.07) is 6.26. The van der Waals surface area contributed by atoms with Crippen LogP contribution in [0, 0.1) is 0 Å². The van der Waals surface area contributed by atoms with Gasteiger partial charge in [-0.1, -0.05) is 12.1 Å². The molecule has 1 atom stereocenters. The van der Waals surface area contributed by atoms with E-state index in [1.807, 2.05) is 6.07 Å². The van der Waals surface area contributed by atoms with E-state index >= 15 is 0 Å². The third-order valence-corrected chi connectivity index (χ3v) is 3.87. The predicted molar refractivity (Wildman–Crippen MR) is 61.8 cm³/mol. The van der Waals surface area contributed by atoms with Crippen LogP contribution in [-0.2, 0) is 16.6 Å². The van der Waals surface area contributed by atoms with E-state index < -0.39 is 0 Å². The van der Waals surface area contributed by atoms with Gasteiger partial charge in [-0.05, 0) is 43.9 Å². The largest absolute Gasteiger partial charge is 0.490 e. The molecule has 1 aliphatic carbocycles. The SMILES string of the molecule is CC(=O)C1(c2ccc3c(c2)CC(C)O3)CC1. The fraction of sp³-hybridized carbons (Fsp3) is 0.500. The Balaban J connectivity index is 2.00. The Labute approximate surface area is 95.6 Å². The van der Waals surface area contributed by atoms with Crippen LogP contribution in [0.5, 0.6) is 5.75 Å². The maximum atomic E-state index is 11.7. The molecule has 0 bridgehead atoms. The minimum absolute atomic E-state index is 0.152. The van der Waals surface area contributed by atoms with Gasteiger partial charge in [-0.2, -0.15) is 0 Å². The van der Waals surface area contributed by atoms with Crippen LogP contribution in [0.2, 0.25) is 0 Å². The fourth-order valence-corrected chi connectivity index (χ4v) is 2.69. The zero-order chi connectivity index (χ0) is 11.3. The summed E-state index contributed by atoms with van der Waals surface area (Å²) < 4.78 is 5.67. The number of fused-ring (bicyclic) bond motifs is 1. The highest BCUT2D eigenvalue weighted by Crippen LogP contribution is 2.50. The summed E-state index contributed by atoms with van der Waals surface area (Å²) in [6.45, 7) is 3.79. The van der Waals surface area contributed by atoms with Crippen LogP contribution in [-0.4, -0.2) is 11.9 Å². The van der Waals surface area contributed by atoms with Gasteiger partial charge >= 0.3 is 0 Å². The molecule has 0 aromatic heterocycles. The normalized spacial score (nSPS) is 24.8. The van der Waals surface area contributed by atoms with Gasteiger partial charge in [0.25, 0.3) is 0 Å². The van der Waals surface area contributed by atoms with E-state index in [0.29, 0.717) is 5.78 Å². The molecular weight excluding hydrogens is 200 g/mol. The molecular formula is C14H16O2. The molecule has 2 nitrogen and oxygen atoms in total. The van der Waals surface area contributed by atoms with Gasteiger partial charge in [0.1, 0.15) is 17.6 Å². The number of hydrogen-bond donors (Lipinski definition) is 0. The molecule has 0 radical (unpaired) electrons. The van der Waals surface area contributed by atoms with Crippen molar-refractivity contribution in [3.8, 4) is 5.75 Å². The van der Waals surface area contributed by atoms with Gasteiger partial charge < -0.3 is 4.74 Å². The average Bonchev–Trinajstić information content (AvgIpc) is 2.95. The molecule has 1 unspecified atom stereocenters. The fourth-order valence-electron chi connectivity index (χ4n) is 2.69. The number of carbonyl (C=O) groups is 1. The van der Waals surface area contributed by atoms with Crippen molar-refractivity contribution in [2.75, 3.05) is 0 Å². The van der Waals surface area contributed by atoms with Crippen LogP contribution in [0.3, 0.4) is 0 Å². The van der Waals surface area contributed by atoms with E-state index in [-0.39, 0.29) is 11.5 Å². The first-order valence-electron chi connectivity index (χ1n) is 5.93. The Hall–Kier alpha value is -1.31. The van der Waals surface area contributed by atoms with Gasteiger partial charge in [-0.15, -0.1) is 0 Å². The molecule has 0 spiro atoms. The molecule has 2 heteroatoms. The Morgan fingerprint density at radius 2 is 2.19 bits per heavy atom. The molecule has 1 saturated carbocycles. The summed E-state index contributed by atoms with van der Waals surface area (Å²) in [4.78, 5) is 11.7. The van der Waals surface area contributed by atoms with Crippen LogP contribution in [0.1, 0.15) is 37.8 Å². The molecule has 1 aromatic rings. The molecule has 1 aliphatic heterocycles. The van der Waals surface area contributed by atoms with E-state index in [9.17, 15) is 4.79 Å². The molecule has 84 valence electrons. The molecule has 0 amide bonds. The lowest BCUT2D eigenvalue weighted by Gasteiger charge is -2.12. The van der Waals surface area contributed by atoms with E-state index in [0.717, 1.165) is 25.0 Å². The summed E-state index contributed by atoms with van der Waals surface area (Å²) in [6.07, 6.45) is 3.27. The first-order chi connectivity index (χ1) is 7.62. The third-order valence-electron chi connectivity index (χ3n) is 3.87. The Bertz CT molecular complexity index is 458. The van der Waals surface area contributed by atoms with Gasteiger partial charge in [0, 0.05) is 6.42 Å². The van der Waals surface area contributed by atoms with E-state index in [1.54, 1.807) is 6.92 Å². The highest BCUT2D eigenvalue weighted by Gasteiger charge is 2.49. The number of ketones is 1. The summed E-state index contributed by atoms with van der Waals surface area (Å²) in [5.41, 5.74) is 2.30. The number of Topliss-reactive ketones (excluding diaryl/α,β-unsaturated/α-hetero) is 1. The topological polar surface area (TPSA) is 26.3 Å². The van der Waals surface area contributed by atoms with Gasteiger partial charge in [0.2, 0.25) is 0 Å². The lowest BCUT2D eigenvalue weighted by Crippen LogP contribution is -2.16. The quantitative estimate of drug-likeness (QED) is 0.759. The third kappa shape index (κ3) is 1.29. The Morgan fingerprint density at radius 1 is 1.44 bits per heavy atom. The zero-order valence-electron chi connectivity index (χ0n) is 9.75. The number of hydrogen-bond acceptors (Lipinski definition) is 2. The molecule has 0 saturated heterocycles. The maximum Gasteiger partial charge on any atom is 0.140 e. The highest BCUT2D eigenvalue weighted by atomic mass is 16.5. The first kappa shape index (κ1) is 9.88. The van der Waals surface area contributed by atoms with Crippen LogP contribution in [0.25, 0.3) is 0 Å². The Morgan fingerprint density at radius 3 is 2.81 bits per heavy atom.